The van der Waals surface area contributed by atoms with Gasteiger partial charge in [-0.2, -0.15) is 10.4 Å². The predicted molar refractivity (Wildman–Crippen MR) is 132 cm³/mol. The Hall–Kier alpha value is -2.70. The Kier molecular flexibility index (Phi) is 8.34. The summed E-state index contributed by atoms with van der Waals surface area (Å²) in [6.45, 7) is 0.137. The molecule has 14 nitrogen and oxygen atoms in total. The maximum atomic E-state index is 12.5. The van der Waals surface area contributed by atoms with Gasteiger partial charge in [-0.3, -0.25) is 14.1 Å². The largest absolute Gasteiger partial charge is 0.472 e. The van der Waals surface area contributed by atoms with Crippen LogP contribution in [-0.2, 0) is 29.7 Å². The van der Waals surface area contributed by atoms with Gasteiger partial charge < -0.3 is 35.4 Å². The van der Waals surface area contributed by atoms with E-state index in [0.29, 0.717) is 5.70 Å². The summed E-state index contributed by atoms with van der Waals surface area (Å²) in [6.07, 6.45) is -2.58. The summed E-state index contributed by atoms with van der Waals surface area (Å²) in [4.78, 5) is 14.1. The summed E-state index contributed by atoms with van der Waals surface area (Å²) < 4.78 is 33.8. The van der Waals surface area contributed by atoms with Gasteiger partial charge in [0.15, 0.2) is 5.84 Å². The van der Waals surface area contributed by atoms with E-state index in [1.165, 1.54) is 11.3 Å². The molecule has 4 rings (SSSR count). The minimum atomic E-state index is -4.70. The van der Waals surface area contributed by atoms with Crippen molar-refractivity contribution >= 4 is 20.0 Å². The first-order valence-electron chi connectivity index (χ1n) is 11.8. The number of aliphatic imine (C=N–C) groups is 1. The predicted octanol–water partition coefficient (Wildman–Crippen LogP) is -0.257. The number of ether oxygens (including phenoxy) is 2. The van der Waals surface area contributed by atoms with Crippen molar-refractivity contribution in [2.24, 2.45) is 15.8 Å². The van der Waals surface area contributed by atoms with Crippen molar-refractivity contribution in [2.75, 3.05) is 19.8 Å². The molecule has 38 heavy (non-hydrogen) atoms. The number of fused-ring (bicyclic) bond motifs is 1. The molecular formula is C23H30N5O9P. The van der Waals surface area contributed by atoms with Crippen molar-refractivity contribution in [3.63, 3.8) is 0 Å². The van der Waals surface area contributed by atoms with Crippen molar-refractivity contribution < 1.29 is 43.3 Å². The Balaban J connectivity index is 1.36. The fourth-order valence-corrected chi connectivity index (χ4v) is 5.35. The van der Waals surface area contributed by atoms with E-state index in [1.54, 1.807) is 13.0 Å². The van der Waals surface area contributed by atoms with Crippen LogP contribution in [0, 0.1) is 11.3 Å². The van der Waals surface area contributed by atoms with Gasteiger partial charge in [-0.15, -0.1) is 0 Å². The highest BCUT2D eigenvalue weighted by atomic mass is 31.2. The number of rotatable bonds is 11. The Morgan fingerprint density at radius 3 is 2.76 bits per heavy atom. The van der Waals surface area contributed by atoms with Gasteiger partial charge in [-0.1, -0.05) is 36.4 Å². The van der Waals surface area contributed by atoms with Crippen LogP contribution in [0.4, 0.5) is 0 Å². The number of nitrogens with two attached hydrogens (primary N) is 1. The van der Waals surface area contributed by atoms with E-state index >= 15 is 0 Å². The number of aliphatic hydroxyl groups excluding tert-OH is 3. The number of benzene rings is 1. The zero-order valence-electron chi connectivity index (χ0n) is 20.5. The van der Waals surface area contributed by atoms with Crippen LogP contribution in [0.25, 0.3) is 0 Å². The van der Waals surface area contributed by atoms with Crippen LogP contribution in [0.3, 0.4) is 0 Å². The molecular weight excluding hydrogens is 521 g/mol. The molecule has 6 N–H and O–H groups in total. The highest BCUT2D eigenvalue weighted by Gasteiger charge is 2.68. The van der Waals surface area contributed by atoms with Crippen molar-refractivity contribution in [3.8, 4) is 6.07 Å². The van der Waals surface area contributed by atoms with Gasteiger partial charge in [0.1, 0.15) is 42.4 Å². The molecule has 1 saturated heterocycles. The molecule has 15 heteroatoms. The van der Waals surface area contributed by atoms with Gasteiger partial charge >= 0.3 is 7.82 Å². The Morgan fingerprint density at radius 1 is 1.34 bits per heavy atom. The zero-order valence-corrected chi connectivity index (χ0v) is 21.4. The van der Waals surface area contributed by atoms with Gasteiger partial charge in [0.05, 0.1) is 32.1 Å². The number of aliphatic hydroxyl groups is 3. The lowest BCUT2D eigenvalue weighted by molar-refractivity contribution is -0.129. The lowest BCUT2D eigenvalue weighted by Gasteiger charge is -2.45. The van der Waals surface area contributed by atoms with Crippen LogP contribution in [0.15, 0.2) is 52.2 Å². The highest BCUT2D eigenvalue weighted by molar-refractivity contribution is 7.47. The van der Waals surface area contributed by atoms with E-state index in [4.69, 9.17) is 24.3 Å². The van der Waals surface area contributed by atoms with Gasteiger partial charge in [0.2, 0.25) is 5.60 Å². The molecule has 0 saturated carbocycles. The monoisotopic (exact) mass is 551 g/mol. The maximum Gasteiger partial charge on any atom is 0.472 e. The maximum absolute atomic E-state index is 12.5. The molecule has 0 aliphatic carbocycles. The molecule has 2 unspecified atom stereocenters. The van der Waals surface area contributed by atoms with E-state index in [-0.39, 0.29) is 18.9 Å². The van der Waals surface area contributed by atoms with Gasteiger partial charge in [0, 0.05) is 0 Å². The smallest absolute Gasteiger partial charge is 0.394 e. The number of phosphoric ester groups is 1. The number of phosphoric acid groups is 1. The van der Waals surface area contributed by atoms with Crippen LogP contribution in [-0.4, -0.2) is 92.8 Å². The fraction of sp³-hybridized carbons (Fsp3) is 0.522. The van der Waals surface area contributed by atoms with Crippen molar-refractivity contribution in [2.45, 2.75) is 55.5 Å². The molecule has 1 aromatic rings. The van der Waals surface area contributed by atoms with Crippen LogP contribution in [0.2, 0.25) is 0 Å². The lowest BCUT2D eigenvalue weighted by atomic mass is 9.76. The van der Waals surface area contributed by atoms with E-state index in [1.807, 2.05) is 36.4 Å². The van der Waals surface area contributed by atoms with Crippen molar-refractivity contribution in [1.29, 1.82) is 5.26 Å². The molecule has 0 aromatic heterocycles. The number of nitriles is 1. The number of hydrogen-bond acceptors (Lipinski definition) is 13. The summed E-state index contributed by atoms with van der Waals surface area (Å²) >= 11 is 0. The minimum absolute atomic E-state index is 0.149. The summed E-state index contributed by atoms with van der Waals surface area (Å²) in [7, 11) is -4.70. The molecule has 0 amide bonds. The SMILES string of the molecule is CC1([C@]2(C#N)O[C@H](COP(=O)(O)OC[C@@H](CO)OCc3ccccc3)[C@@H](O)[C@H]2O)CC=C2C(N)=NC=NN21. The molecule has 7 atom stereocenters. The quantitative estimate of drug-likeness (QED) is 0.225. The van der Waals surface area contributed by atoms with Crippen LogP contribution < -0.4 is 5.73 Å². The third-order valence-electron chi connectivity index (χ3n) is 6.80. The first-order valence-corrected chi connectivity index (χ1v) is 13.3. The van der Waals surface area contributed by atoms with Crippen molar-refractivity contribution in [3.05, 3.63) is 47.7 Å². The van der Waals surface area contributed by atoms with Crippen LogP contribution >= 0.6 is 7.82 Å². The van der Waals surface area contributed by atoms with Gasteiger partial charge in [0.25, 0.3) is 0 Å². The molecule has 1 aromatic carbocycles. The highest BCUT2D eigenvalue weighted by Crippen LogP contribution is 2.50. The number of nitrogens with zero attached hydrogens (tertiary/aromatic N) is 4. The van der Waals surface area contributed by atoms with Crippen LogP contribution in [0.5, 0.6) is 0 Å². The first-order chi connectivity index (χ1) is 18.1. The summed E-state index contributed by atoms with van der Waals surface area (Å²) in [5.41, 5.74) is 3.87. The Labute approximate surface area is 218 Å². The van der Waals surface area contributed by atoms with E-state index in [0.717, 1.165) is 5.56 Å². The molecule has 3 aliphatic heterocycles. The van der Waals surface area contributed by atoms with Crippen molar-refractivity contribution in [1.82, 2.24) is 5.01 Å². The molecule has 0 bridgehead atoms. The Bertz CT molecular complexity index is 1190. The second kappa shape index (κ2) is 11.2. The molecule has 1 fully saturated rings. The standard InChI is InChI=1S/C23H30N5O9P/c1-22(8-7-17-21(25)26-14-27-28(17)22)23(13-24)20(31)19(30)18(37-23)12-36-38(32,33)35-11-16(9-29)34-10-15-5-3-2-4-6-15/h2-7,14,16,18-20,29-31H,8-12H2,1H3,(H,32,33)(H2,25,26,27)/t16-,18-,19-,20-,22?,23-/m1/s1. The summed E-state index contributed by atoms with van der Waals surface area (Å²) in [5.74, 6) is 0.164. The Morgan fingerprint density at radius 2 is 2.08 bits per heavy atom. The molecule has 3 heterocycles. The number of amidine groups is 1. The molecule has 0 radical (unpaired) electrons. The second-order valence-corrected chi connectivity index (χ2v) is 10.7. The number of hydrazone groups is 1. The minimum Gasteiger partial charge on any atom is -0.394 e. The summed E-state index contributed by atoms with van der Waals surface area (Å²) in [5, 5.41) is 46.8. The lowest BCUT2D eigenvalue weighted by Crippen LogP contribution is -2.64. The summed E-state index contributed by atoms with van der Waals surface area (Å²) in [6, 6.07) is 11.1. The first kappa shape index (κ1) is 28.3. The van der Waals surface area contributed by atoms with E-state index in [2.05, 4.69) is 10.1 Å². The van der Waals surface area contributed by atoms with Crippen LogP contribution in [0.1, 0.15) is 18.9 Å². The van der Waals surface area contributed by atoms with Gasteiger partial charge in [-0.05, 0) is 18.9 Å². The third kappa shape index (κ3) is 5.26. The normalized spacial score (nSPS) is 32.7. The van der Waals surface area contributed by atoms with Gasteiger partial charge in [-0.25, -0.2) is 9.56 Å². The van der Waals surface area contributed by atoms with E-state index in [9.17, 15) is 30.0 Å². The molecule has 3 aliphatic rings. The zero-order chi connectivity index (χ0) is 27.6. The fourth-order valence-electron chi connectivity index (χ4n) is 4.59. The van der Waals surface area contributed by atoms with E-state index < -0.39 is 63.2 Å². The average molecular weight is 551 g/mol. The second-order valence-electron chi connectivity index (χ2n) is 9.22. The molecule has 206 valence electrons. The molecule has 0 spiro atoms. The number of hydrogen-bond donors (Lipinski definition) is 5. The third-order valence-corrected chi connectivity index (χ3v) is 7.75. The topological polar surface area (TPSA) is 213 Å². The average Bonchev–Trinajstić information content (AvgIpc) is 3.40.